The van der Waals surface area contributed by atoms with Gasteiger partial charge in [0.15, 0.2) is 5.82 Å². The van der Waals surface area contributed by atoms with Crippen molar-refractivity contribution in [3.05, 3.63) is 75.9 Å². The summed E-state index contributed by atoms with van der Waals surface area (Å²) in [5.74, 6) is 0.834. The van der Waals surface area contributed by atoms with E-state index in [2.05, 4.69) is 26.3 Å². The summed E-state index contributed by atoms with van der Waals surface area (Å²) >= 11 is 3.55. The lowest BCUT2D eigenvalue weighted by molar-refractivity contribution is 0.0917. The van der Waals surface area contributed by atoms with Gasteiger partial charge in [0.1, 0.15) is 11.9 Å². The fourth-order valence-electron chi connectivity index (χ4n) is 2.88. The number of ether oxygens (including phenoxy) is 2. The molecule has 0 bridgehead atoms. The quantitative estimate of drug-likeness (QED) is 0.470. The first-order valence-electron chi connectivity index (χ1n) is 9.49. The third-order valence-corrected chi connectivity index (χ3v) is 4.97. The molecule has 3 aromatic rings. The molecule has 156 valence electrons. The standard InChI is InChI=1S/C23H24BrN3O3/c1-16(15-29-3)30-20-13-17(8-9-18-6-4-5-7-21(18)24)12-19(14-20)23(28)25-22-10-11-27(2)26-22/h4-14,16H,15H2,1-3H3,(H,25,26,28)/b9-8+/t16-/m0/s1. The summed E-state index contributed by atoms with van der Waals surface area (Å²) < 4.78 is 13.7. The Kier molecular flexibility index (Phi) is 7.43. The van der Waals surface area contributed by atoms with Crippen LogP contribution in [0.5, 0.6) is 5.75 Å². The molecule has 0 unspecified atom stereocenters. The Hall–Kier alpha value is -2.90. The van der Waals surface area contributed by atoms with Crippen LogP contribution in [0.4, 0.5) is 5.82 Å². The summed E-state index contributed by atoms with van der Waals surface area (Å²) in [6.07, 6.45) is 5.56. The zero-order valence-electron chi connectivity index (χ0n) is 17.1. The van der Waals surface area contributed by atoms with Gasteiger partial charge >= 0.3 is 0 Å². The number of nitrogens with one attached hydrogen (secondary N) is 1. The third kappa shape index (κ3) is 6.05. The van der Waals surface area contributed by atoms with Gasteiger partial charge < -0.3 is 14.8 Å². The Morgan fingerprint density at radius 2 is 2.03 bits per heavy atom. The average Bonchev–Trinajstić information content (AvgIpc) is 3.12. The number of benzene rings is 2. The molecular weight excluding hydrogens is 446 g/mol. The van der Waals surface area contributed by atoms with Crippen LogP contribution in [0.1, 0.15) is 28.4 Å². The Morgan fingerprint density at radius 1 is 1.23 bits per heavy atom. The fraction of sp³-hybridized carbons (Fsp3) is 0.217. The normalized spacial score (nSPS) is 12.1. The minimum Gasteiger partial charge on any atom is -0.488 e. The summed E-state index contributed by atoms with van der Waals surface area (Å²) in [4.78, 5) is 12.8. The number of aryl methyl sites for hydroxylation is 1. The van der Waals surface area contributed by atoms with E-state index in [1.807, 2.05) is 55.5 Å². The molecule has 1 atom stereocenters. The highest BCUT2D eigenvalue weighted by Gasteiger charge is 2.12. The van der Waals surface area contributed by atoms with Gasteiger partial charge in [-0.05, 0) is 42.3 Å². The van der Waals surface area contributed by atoms with Gasteiger partial charge in [0.05, 0.1) is 6.61 Å². The predicted octanol–water partition coefficient (Wildman–Crippen LogP) is 5.02. The first kappa shape index (κ1) is 21.8. The first-order chi connectivity index (χ1) is 14.4. The molecule has 6 nitrogen and oxygen atoms in total. The summed E-state index contributed by atoms with van der Waals surface area (Å²) in [7, 11) is 3.42. The number of rotatable bonds is 8. The minimum absolute atomic E-state index is 0.149. The number of hydrogen-bond donors (Lipinski definition) is 1. The lowest BCUT2D eigenvalue weighted by Gasteiger charge is -2.15. The minimum atomic E-state index is -0.255. The SMILES string of the molecule is COC[C@H](C)Oc1cc(/C=C/c2ccccc2Br)cc(C(=O)Nc2ccn(C)n2)c1. The Bertz CT molecular complexity index is 1050. The van der Waals surface area contributed by atoms with E-state index in [0.717, 1.165) is 15.6 Å². The molecule has 0 fully saturated rings. The van der Waals surface area contributed by atoms with Crippen molar-refractivity contribution in [1.29, 1.82) is 0 Å². The van der Waals surface area contributed by atoms with Crippen LogP contribution in [0.15, 0.2) is 59.2 Å². The van der Waals surface area contributed by atoms with E-state index in [4.69, 9.17) is 9.47 Å². The molecule has 0 aliphatic rings. The molecule has 0 aliphatic heterocycles. The summed E-state index contributed by atoms with van der Waals surface area (Å²) in [6, 6.07) is 15.1. The maximum Gasteiger partial charge on any atom is 0.257 e. The molecule has 1 amide bonds. The van der Waals surface area contributed by atoms with Gasteiger partial charge in [-0.15, -0.1) is 0 Å². The van der Waals surface area contributed by atoms with Crippen LogP contribution in [0.25, 0.3) is 12.2 Å². The molecule has 7 heteroatoms. The number of carbonyl (C=O) groups is 1. The fourth-order valence-corrected chi connectivity index (χ4v) is 3.30. The second-order valence-electron chi connectivity index (χ2n) is 6.86. The van der Waals surface area contributed by atoms with E-state index in [1.165, 1.54) is 0 Å². The second-order valence-corrected chi connectivity index (χ2v) is 7.71. The molecule has 3 rings (SSSR count). The number of halogens is 1. The Labute approximate surface area is 184 Å². The third-order valence-electron chi connectivity index (χ3n) is 4.25. The molecule has 30 heavy (non-hydrogen) atoms. The Morgan fingerprint density at radius 3 is 2.73 bits per heavy atom. The topological polar surface area (TPSA) is 65.4 Å². The van der Waals surface area contributed by atoms with Crippen molar-refractivity contribution in [3.63, 3.8) is 0 Å². The summed E-state index contributed by atoms with van der Waals surface area (Å²) in [5, 5.41) is 7.01. The molecule has 2 aromatic carbocycles. The van der Waals surface area contributed by atoms with Crippen LogP contribution in [0.3, 0.4) is 0 Å². The van der Waals surface area contributed by atoms with Gasteiger partial charge in [-0.3, -0.25) is 9.48 Å². The van der Waals surface area contributed by atoms with Crippen molar-refractivity contribution in [2.75, 3.05) is 19.0 Å². The van der Waals surface area contributed by atoms with Gasteiger partial charge in [-0.2, -0.15) is 5.10 Å². The van der Waals surface area contributed by atoms with Crippen LogP contribution in [0, 0.1) is 0 Å². The highest BCUT2D eigenvalue weighted by molar-refractivity contribution is 9.10. The van der Waals surface area contributed by atoms with Gasteiger partial charge in [0.25, 0.3) is 5.91 Å². The number of nitrogens with zero attached hydrogens (tertiary/aromatic N) is 2. The monoisotopic (exact) mass is 469 g/mol. The van der Waals surface area contributed by atoms with Crippen LogP contribution >= 0.6 is 15.9 Å². The zero-order chi connectivity index (χ0) is 21.5. The predicted molar refractivity (Wildman–Crippen MR) is 123 cm³/mol. The van der Waals surface area contributed by atoms with E-state index in [1.54, 1.807) is 37.2 Å². The lowest BCUT2D eigenvalue weighted by atomic mass is 10.1. The van der Waals surface area contributed by atoms with E-state index in [9.17, 15) is 4.79 Å². The van der Waals surface area contributed by atoms with Crippen molar-refractivity contribution in [2.45, 2.75) is 13.0 Å². The Balaban J connectivity index is 1.89. The van der Waals surface area contributed by atoms with E-state index < -0.39 is 0 Å². The second kappa shape index (κ2) is 10.2. The average molecular weight is 470 g/mol. The molecular formula is C23H24BrN3O3. The zero-order valence-corrected chi connectivity index (χ0v) is 18.7. The number of hydrogen-bond acceptors (Lipinski definition) is 4. The van der Waals surface area contributed by atoms with Crippen molar-refractivity contribution in [3.8, 4) is 5.75 Å². The highest BCUT2D eigenvalue weighted by Crippen LogP contribution is 2.23. The molecule has 0 aliphatic carbocycles. The molecule has 1 heterocycles. The number of aromatic nitrogens is 2. The van der Waals surface area contributed by atoms with Gasteiger partial charge in [0.2, 0.25) is 0 Å². The molecule has 0 saturated carbocycles. The molecule has 0 spiro atoms. The first-order valence-corrected chi connectivity index (χ1v) is 10.3. The van der Waals surface area contributed by atoms with E-state index in [-0.39, 0.29) is 12.0 Å². The lowest BCUT2D eigenvalue weighted by Crippen LogP contribution is -2.19. The van der Waals surface area contributed by atoms with Gasteiger partial charge in [-0.25, -0.2) is 0 Å². The number of amides is 1. The van der Waals surface area contributed by atoms with Crippen LogP contribution in [0.2, 0.25) is 0 Å². The number of methoxy groups -OCH3 is 1. The van der Waals surface area contributed by atoms with Crippen molar-refractivity contribution >= 4 is 39.8 Å². The summed E-state index contributed by atoms with van der Waals surface area (Å²) in [5.41, 5.74) is 2.37. The molecule has 1 N–H and O–H groups in total. The molecule has 0 radical (unpaired) electrons. The van der Waals surface area contributed by atoms with Crippen molar-refractivity contribution in [1.82, 2.24) is 9.78 Å². The van der Waals surface area contributed by atoms with Crippen LogP contribution < -0.4 is 10.1 Å². The van der Waals surface area contributed by atoms with Gasteiger partial charge in [-0.1, -0.05) is 46.3 Å². The summed E-state index contributed by atoms with van der Waals surface area (Å²) in [6.45, 7) is 2.37. The van der Waals surface area contributed by atoms with E-state index >= 15 is 0 Å². The van der Waals surface area contributed by atoms with Crippen LogP contribution in [-0.2, 0) is 11.8 Å². The number of anilines is 1. The maximum atomic E-state index is 12.8. The largest absolute Gasteiger partial charge is 0.488 e. The van der Waals surface area contributed by atoms with Crippen molar-refractivity contribution < 1.29 is 14.3 Å². The highest BCUT2D eigenvalue weighted by atomic mass is 79.9. The van der Waals surface area contributed by atoms with E-state index in [0.29, 0.717) is 23.7 Å². The maximum absolute atomic E-state index is 12.8. The molecule has 1 aromatic heterocycles. The van der Waals surface area contributed by atoms with Gasteiger partial charge in [0, 0.05) is 36.5 Å². The smallest absolute Gasteiger partial charge is 0.257 e. The molecule has 0 saturated heterocycles. The van der Waals surface area contributed by atoms with Crippen LogP contribution in [-0.4, -0.2) is 35.5 Å². The number of carbonyl (C=O) groups excluding carboxylic acids is 1. The van der Waals surface area contributed by atoms with Crippen molar-refractivity contribution in [2.24, 2.45) is 7.05 Å².